The van der Waals surface area contributed by atoms with E-state index in [2.05, 4.69) is 50.0 Å². The Bertz CT molecular complexity index is 242. The summed E-state index contributed by atoms with van der Waals surface area (Å²) in [5.74, 6) is 0. The molecule has 0 spiro atoms. The fourth-order valence-corrected chi connectivity index (χ4v) is 3.87. The Kier molecular flexibility index (Phi) is 8.74. The van der Waals surface area contributed by atoms with Gasteiger partial charge in [0.2, 0.25) is 0 Å². The highest BCUT2D eigenvalue weighted by atomic mass is 15.2. The summed E-state index contributed by atoms with van der Waals surface area (Å²) in [6.07, 6.45) is 8.36. The van der Waals surface area contributed by atoms with E-state index in [1.165, 1.54) is 45.1 Å². The zero-order valence-corrected chi connectivity index (χ0v) is 14.5. The average Bonchev–Trinajstić information content (AvgIpc) is 2.36. The summed E-state index contributed by atoms with van der Waals surface area (Å²) in [6.45, 7) is 10.4. The van der Waals surface area contributed by atoms with Crippen LogP contribution in [-0.4, -0.2) is 61.7 Å². The molecule has 1 saturated carbocycles. The summed E-state index contributed by atoms with van der Waals surface area (Å²) in [7, 11) is 4.37. The van der Waals surface area contributed by atoms with Gasteiger partial charge < -0.3 is 10.2 Å². The standard InChI is InChI=1S/C17H37N3/c1-6-18-16-12-10-8-9-11-13-17(16)20(7-2)15(3)14-19(4)5/h15-18H,6-14H2,1-5H3. The minimum Gasteiger partial charge on any atom is -0.313 e. The van der Waals surface area contributed by atoms with E-state index in [9.17, 15) is 0 Å². The maximum atomic E-state index is 3.77. The van der Waals surface area contributed by atoms with E-state index in [0.29, 0.717) is 12.1 Å². The molecule has 3 nitrogen and oxygen atoms in total. The van der Waals surface area contributed by atoms with E-state index < -0.39 is 0 Å². The minimum atomic E-state index is 0.639. The second kappa shape index (κ2) is 9.75. The van der Waals surface area contributed by atoms with Gasteiger partial charge in [-0.05, 0) is 47.0 Å². The molecule has 1 aliphatic rings. The van der Waals surface area contributed by atoms with Crippen molar-refractivity contribution in [3.63, 3.8) is 0 Å². The van der Waals surface area contributed by atoms with E-state index >= 15 is 0 Å². The molecule has 0 radical (unpaired) electrons. The number of rotatable bonds is 7. The maximum absolute atomic E-state index is 3.77. The van der Waals surface area contributed by atoms with Gasteiger partial charge in [-0.25, -0.2) is 0 Å². The van der Waals surface area contributed by atoms with Gasteiger partial charge in [-0.2, -0.15) is 0 Å². The number of nitrogens with zero attached hydrogens (tertiary/aromatic N) is 2. The highest BCUT2D eigenvalue weighted by Gasteiger charge is 2.29. The molecule has 0 amide bonds. The van der Waals surface area contributed by atoms with Crippen molar-refractivity contribution in [2.24, 2.45) is 0 Å². The van der Waals surface area contributed by atoms with E-state index in [-0.39, 0.29) is 0 Å². The van der Waals surface area contributed by atoms with Crippen molar-refractivity contribution in [2.45, 2.75) is 77.4 Å². The fraction of sp³-hybridized carbons (Fsp3) is 1.00. The van der Waals surface area contributed by atoms with Crippen LogP contribution in [0.2, 0.25) is 0 Å². The zero-order valence-electron chi connectivity index (χ0n) is 14.5. The Balaban J connectivity index is 2.75. The van der Waals surface area contributed by atoms with Gasteiger partial charge in [-0.1, -0.05) is 39.5 Å². The van der Waals surface area contributed by atoms with Crippen molar-refractivity contribution in [3.8, 4) is 0 Å². The molecule has 0 aromatic carbocycles. The number of hydrogen-bond donors (Lipinski definition) is 1. The third-order valence-corrected chi connectivity index (χ3v) is 4.68. The molecule has 3 unspecified atom stereocenters. The van der Waals surface area contributed by atoms with Gasteiger partial charge in [0.25, 0.3) is 0 Å². The van der Waals surface area contributed by atoms with Crippen LogP contribution in [0.1, 0.15) is 59.3 Å². The van der Waals surface area contributed by atoms with E-state index in [1.807, 2.05) is 0 Å². The molecule has 0 aromatic rings. The van der Waals surface area contributed by atoms with Crippen molar-refractivity contribution in [2.75, 3.05) is 33.7 Å². The molecule has 0 heterocycles. The lowest BCUT2D eigenvalue weighted by Crippen LogP contribution is -2.55. The van der Waals surface area contributed by atoms with Gasteiger partial charge >= 0.3 is 0 Å². The van der Waals surface area contributed by atoms with Crippen LogP contribution < -0.4 is 5.32 Å². The fourth-order valence-electron chi connectivity index (χ4n) is 3.87. The molecule has 1 rings (SSSR count). The molecule has 20 heavy (non-hydrogen) atoms. The molecule has 1 N–H and O–H groups in total. The molecule has 3 heteroatoms. The minimum absolute atomic E-state index is 0.639. The Morgan fingerprint density at radius 2 is 1.70 bits per heavy atom. The Morgan fingerprint density at radius 1 is 1.05 bits per heavy atom. The summed E-state index contributed by atoms with van der Waals surface area (Å²) < 4.78 is 0. The van der Waals surface area contributed by atoms with Gasteiger partial charge in [-0.15, -0.1) is 0 Å². The van der Waals surface area contributed by atoms with E-state index in [1.54, 1.807) is 0 Å². The van der Waals surface area contributed by atoms with Crippen LogP contribution in [0.5, 0.6) is 0 Å². The highest BCUT2D eigenvalue weighted by Crippen LogP contribution is 2.23. The predicted molar refractivity (Wildman–Crippen MR) is 89.4 cm³/mol. The first-order valence-electron chi connectivity index (χ1n) is 8.74. The molecule has 0 bridgehead atoms. The van der Waals surface area contributed by atoms with Gasteiger partial charge in [0.15, 0.2) is 0 Å². The first-order valence-corrected chi connectivity index (χ1v) is 8.74. The normalized spacial score (nSPS) is 26.6. The lowest BCUT2D eigenvalue weighted by molar-refractivity contribution is 0.0865. The van der Waals surface area contributed by atoms with Crippen molar-refractivity contribution in [1.29, 1.82) is 0 Å². The van der Waals surface area contributed by atoms with Crippen LogP contribution in [0.15, 0.2) is 0 Å². The van der Waals surface area contributed by atoms with Crippen LogP contribution in [0.3, 0.4) is 0 Å². The number of hydrogen-bond acceptors (Lipinski definition) is 3. The lowest BCUT2D eigenvalue weighted by atomic mass is 9.90. The second-order valence-corrected chi connectivity index (χ2v) is 6.66. The number of nitrogens with one attached hydrogen (secondary N) is 1. The van der Waals surface area contributed by atoms with Crippen LogP contribution in [-0.2, 0) is 0 Å². The van der Waals surface area contributed by atoms with Crippen LogP contribution >= 0.6 is 0 Å². The van der Waals surface area contributed by atoms with E-state index in [4.69, 9.17) is 0 Å². The molecule has 120 valence electrons. The first kappa shape index (κ1) is 17.9. The number of likely N-dealkylation sites (N-methyl/N-ethyl adjacent to an activating group) is 3. The Labute approximate surface area is 127 Å². The second-order valence-electron chi connectivity index (χ2n) is 6.66. The molecule has 0 saturated heterocycles. The van der Waals surface area contributed by atoms with Gasteiger partial charge in [0, 0.05) is 24.7 Å². The highest BCUT2D eigenvalue weighted by molar-refractivity contribution is 4.88. The quantitative estimate of drug-likeness (QED) is 0.775. The summed E-state index contributed by atoms with van der Waals surface area (Å²) in [5, 5.41) is 3.77. The summed E-state index contributed by atoms with van der Waals surface area (Å²) in [6, 6.07) is 2.04. The van der Waals surface area contributed by atoms with Crippen LogP contribution in [0, 0.1) is 0 Å². The summed E-state index contributed by atoms with van der Waals surface area (Å²) in [5.41, 5.74) is 0. The van der Waals surface area contributed by atoms with E-state index in [0.717, 1.165) is 19.1 Å². The third-order valence-electron chi connectivity index (χ3n) is 4.68. The third kappa shape index (κ3) is 5.71. The predicted octanol–water partition coefficient (Wildman–Crippen LogP) is 2.96. The van der Waals surface area contributed by atoms with Crippen molar-refractivity contribution in [3.05, 3.63) is 0 Å². The molecule has 1 fully saturated rings. The SMILES string of the molecule is CCNC1CCCCCCC1N(CC)C(C)CN(C)C. The molecule has 0 aromatic heterocycles. The van der Waals surface area contributed by atoms with Crippen LogP contribution in [0.25, 0.3) is 0 Å². The molecular weight excluding hydrogens is 246 g/mol. The van der Waals surface area contributed by atoms with Crippen molar-refractivity contribution < 1.29 is 0 Å². The smallest absolute Gasteiger partial charge is 0.0252 e. The van der Waals surface area contributed by atoms with Crippen LogP contribution in [0.4, 0.5) is 0 Å². The average molecular weight is 284 g/mol. The monoisotopic (exact) mass is 283 g/mol. The summed E-state index contributed by atoms with van der Waals surface area (Å²) in [4.78, 5) is 5.07. The molecule has 1 aliphatic carbocycles. The molecule has 0 aliphatic heterocycles. The maximum Gasteiger partial charge on any atom is 0.0252 e. The van der Waals surface area contributed by atoms with Gasteiger partial charge in [0.1, 0.15) is 0 Å². The largest absolute Gasteiger partial charge is 0.313 e. The summed E-state index contributed by atoms with van der Waals surface area (Å²) >= 11 is 0. The Hall–Kier alpha value is -0.120. The lowest BCUT2D eigenvalue weighted by Gasteiger charge is -2.42. The van der Waals surface area contributed by atoms with Crippen molar-refractivity contribution in [1.82, 2.24) is 15.1 Å². The van der Waals surface area contributed by atoms with Gasteiger partial charge in [0.05, 0.1) is 0 Å². The molecular formula is C17H37N3. The zero-order chi connectivity index (χ0) is 15.0. The topological polar surface area (TPSA) is 18.5 Å². The van der Waals surface area contributed by atoms with Gasteiger partial charge in [-0.3, -0.25) is 4.90 Å². The first-order chi connectivity index (χ1) is 9.60. The van der Waals surface area contributed by atoms with Crippen molar-refractivity contribution >= 4 is 0 Å². The molecule has 3 atom stereocenters. The Morgan fingerprint density at radius 3 is 2.25 bits per heavy atom.